The largest absolute Gasteiger partial charge is 0.378 e. The van der Waals surface area contributed by atoms with Crippen molar-refractivity contribution in [3.05, 3.63) is 0 Å². The van der Waals surface area contributed by atoms with Crippen molar-refractivity contribution in [1.82, 2.24) is 15.1 Å². The SMILES string of the molecule is CNCC1COCCN1CCC1CCCCN1C. The number of piperidine rings is 1. The van der Waals surface area contributed by atoms with Crippen molar-refractivity contribution in [2.45, 2.75) is 37.8 Å². The van der Waals surface area contributed by atoms with E-state index in [0.717, 1.165) is 32.3 Å². The Kier molecular flexibility index (Phi) is 5.89. The summed E-state index contributed by atoms with van der Waals surface area (Å²) >= 11 is 0. The fraction of sp³-hybridized carbons (Fsp3) is 1.00. The molecule has 2 heterocycles. The van der Waals surface area contributed by atoms with Crippen LogP contribution in [0.15, 0.2) is 0 Å². The second-order valence-electron chi connectivity index (χ2n) is 5.74. The molecule has 2 unspecified atom stereocenters. The minimum absolute atomic E-state index is 0.567. The van der Waals surface area contributed by atoms with Crippen molar-refractivity contribution in [2.24, 2.45) is 0 Å². The van der Waals surface area contributed by atoms with Crippen LogP contribution < -0.4 is 5.32 Å². The Bertz CT molecular complexity index is 235. The molecular formula is C14H29N3O. The first-order valence-corrected chi connectivity index (χ1v) is 7.48. The van der Waals surface area contributed by atoms with E-state index >= 15 is 0 Å². The highest BCUT2D eigenvalue weighted by Crippen LogP contribution is 2.19. The van der Waals surface area contributed by atoms with Crippen LogP contribution in [0.5, 0.6) is 0 Å². The molecule has 2 aliphatic heterocycles. The van der Waals surface area contributed by atoms with Gasteiger partial charge >= 0.3 is 0 Å². The molecule has 4 heteroatoms. The predicted molar refractivity (Wildman–Crippen MR) is 75.0 cm³/mol. The fourth-order valence-corrected chi connectivity index (χ4v) is 3.23. The molecule has 0 saturated carbocycles. The Balaban J connectivity index is 1.76. The summed E-state index contributed by atoms with van der Waals surface area (Å²) in [5, 5.41) is 3.28. The molecule has 0 aromatic carbocycles. The van der Waals surface area contributed by atoms with Gasteiger partial charge in [-0.05, 0) is 39.9 Å². The Hall–Kier alpha value is -0.160. The van der Waals surface area contributed by atoms with Gasteiger partial charge in [0.15, 0.2) is 0 Å². The number of ether oxygens (including phenoxy) is 1. The van der Waals surface area contributed by atoms with Crippen molar-refractivity contribution in [2.75, 3.05) is 53.5 Å². The molecule has 0 aromatic rings. The van der Waals surface area contributed by atoms with E-state index in [1.165, 1.54) is 38.8 Å². The third kappa shape index (κ3) is 3.92. The molecule has 2 atom stereocenters. The molecule has 1 N–H and O–H groups in total. The lowest BCUT2D eigenvalue weighted by atomic mass is 9.99. The van der Waals surface area contributed by atoms with Gasteiger partial charge in [0.2, 0.25) is 0 Å². The lowest BCUT2D eigenvalue weighted by Gasteiger charge is -2.38. The molecule has 18 heavy (non-hydrogen) atoms. The van der Waals surface area contributed by atoms with Gasteiger partial charge in [0.1, 0.15) is 0 Å². The molecule has 4 nitrogen and oxygen atoms in total. The van der Waals surface area contributed by atoms with E-state index in [4.69, 9.17) is 4.74 Å². The van der Waals surface area contributed by atoms with E-state index in [1.54, 1.807) is 0 Å². The van der Waals surface area contributed by atoms with E-state index < -0.39 is 0 Å². The van der Waals surface area contributed by atoms with Gasteiger partial charge < -0.3 is 15.0 Å². The number of nitrogens with one attached hydrogen (secondary N) is 1. The molecule has 2 fully saturated rings. The van der Waals surface area contributed by atoms with Crippen LogP contribution in [0.25, 0.3) is 0 Å². The summed E-state index contributed by atoms with van der Waals surface area (Å²) in [7, 11) is 4.32. The Morgan fingerprint density at radius 2 is 2.11 bits per heavy atom. The molecule has 0 spiro atoms. The van der Waals surface area contributed by atoms with Crippen molar-refractivity contribution in [1.29, 1.82) is 0 Å². The van der Waals surface area contributed by atoms with Gasteiger partial charge in [-0.3, -0.25) is 4.90 Å². The van der Waals surface area contributed by atoms with Gasteiger partial charge in [0, 0.05) is 31.7 Å². The Morgan fingerprint density at radius 1 is 1.22 bits per heavy atom. The van der Waals surface area contributed by atoms with Crippen molar-refractivity contribution >= 4 is 0 Å². The lowest BCUT2D eigenvalue weighted by Crippen LogP contribution is -2.51. The number of nitrogens with zero attached hydrogens (tertiary/aromatic N) is 2. The Morgan fingerprint density at radius 3 is 2.89 bits per heavy atom. The van der Waals surface area contributed by atoms with Crippen LogP contribution in [0.3, 0.4) is 0 Å². The highest BCUT2D eigenvalue weighted by molar-refractivity contribution is 4.80. The summed E-state index contributed by atoms with van der Waals surface area (Å²) < 4.78 is 5.59. The smallest absolute Gasteiger partial charge is 0.0634 e. The van der Waals surface area contributed by atoms with Crippen molar-refractivity contribution < 1.29 is 4.74 Å². The first-order chi connectivity index (χ1) is 8.81. The Labute approximate surface area is 112 Å². The first kappa shape index (κ1) is 14.3. The average Bonchev–Trinajstić information content (AvgIpc) is 2.40. The van der Waals surface area contributed by atoms with Gasteiger partial charge in [-0.15, -0.1) is 0 Å². The highest BCUT2D eigenvalue weighted by Gasteiger charge is 2.24. The van der Waals surface area contributed by atoms with Crippen LogP contribution in [0, 0.1) is 0 Å². The molecule has 2 rings (SSSR count). The molecule has 0 bridgehead atoms. The number of hydrogen-bond donors (Lipinski definition) is 1. The van der Waals surface area contributed by atoms with Gasteiger partial charge in [0.05, 0.1) is 13.2 Å². The summed E-state index contributed by atoms with van der Waals surface area (Å²) in [5.41, 5.74) is 0. The second-order valence-corrected chi connectivity index (χ2v) is 5.74. The summed E-state index contributed by atoms with van der Waals surface area (Å²) in [5.74, 6) is 0. The van der Waals surface area contributed by atoms with E-state index in [-0.39, 0.29) is 0 Å². The topological polar surface area (TPSA) is 27.7 Å². The van der Waals surface area contributed by atoms with Crippen LogP contribution in [0.2, 0.25) is 0 Å². The molecule has 0 aromatic heterocycles. The predicted octanol–water partition coefficient (Wildman–Crippen LogP) is 0.781. The lowest BCUT2D eigenvalue weighted by molar-refractivity contribution is -0.0104. The van der Waals surface area contributed by atoms with Gasteiger partial charge in [-0.25, -0.2) is 0 Å². The highest BCUT2D eigenvalue weighted by atomic mass is 16.5. The summed E-state index contributed by atoms with van der Waals surface area (Å²) in [6, 6.07) is 1.37. The molecule has 2 aliphatic rings. The standard InChI is InChI=1S/C14H29N3O/c1-15-11-14-12-18-10-9-17(14)8-6-13-5-3-4-7-16(13)2/h13-15H,3-12H2,1-2H3. The number of rotatable bonds is 5. The summed E-state index contributed by atoms with van der Waals surface area (Å²) in [6.45, 7) is 6.45. The zero-order chi connectivity index (χ0) is 12.8. The maximum absolute atomic E-state index is 5.59. The van der Waals surface area contributed by atoms with E-state index in [0.29, 0.717) is 6.04 Å². The third-order valence-electron chi connectivity index (χ3n) is 4.46. The quantitative estimate of drug-likeness (QED) is 0.786. The van der Waals surface area contributed by atoms with E-state index in [1.807, 2.05) is 7.05 Å². The first-order valence-electron chi connectivity index (χ1n) is 7.48. The van der Waals surface area contributed by atoms with Gasteiger partial charge in [0.25, 0.3) is 0 Å². The maximum atomic E-state index is 5.59. The average molecular weight is 255 g/mol. The number of likely N-dealkylation sites (tertiary alicyclic amines) is 1. The molecule has 106 valence electrons. The monoisotopic (exact) mass is 255 g/mol. The minimum Gasteiger partial charge on any atom is -0.378 e. The van der Waals surface area contributed by atoms with Crippen molar-refractivity contribution in [3.8, 4) is 0 Å². The summed E-state index contributed by atoms with van der Waals surface area (Å²) in [4.78, 5) is 5.17. The van der Waals surface area contributed by atoms with Crippen LogP contribution >= 0.6 is 0 Å². The zero-order valence-corrected chi connectivity index (χ0v) is 12.0. The molecular weight excluding hydrogens is 226 g/mol. The zero-order valence-electron chi connectivity index (χ0n) is 12.0. The minimum atomic E-state index is 0.567. The van der Waals surface area contributed by atoms with Gasteiger partial charge in [-0.1, -0.05) is 6.42 Å². The van der Waals surface area contributed by atoms with Crippen molar-refractivity contribution in [3.63, 3.8) is 0 Å². The van der Waals surface area contributed by atoms with E-state index in [2.05, 4.69) is 22.2 Å². The molecule has 2 saturated heterocycles. The van der Waals surface area contributed by atoms with Crippen LogP contribution in [-0.4, -0.2) is 75.4 Å². The molecule has 0 aliphatic carbocycles. The number of hydrogen-bond acceptors (Lipinski definition) is 4. The fourth-order valence-electron chi connectivity index (χ4n) is 3.23. The molecule has 0 radical (unpaired) electrons. The summed E-state index contributed by atoms with van der Waals surface area (Å²) in [6.07, 6.45) is 5.50. The normalized spacial score (nSPS) is 31.7. The number of likely N-dealkylation sites (N-methyl/N-ethyl adjacent to an activating group) is 1. The molecule has 0 amide bonds. The van der Waals surface area contributed by atoms with E-state index in [9.17, 15) is 0 Å². The second kappa shape index (κ2) is 7.43. The van der Waals surface area contributed by atoms with Gasteiger partial charge in [-0.2, -0.15) is 0 Å². The third-order valence-corrected chi connectivity index (χ3v) is 4.46. The van der Waals surface area contributed by atoms with Crippen LogP contribution in [0.4, 0.5) is 0 Å². The number of morpholine rings is 1. The maximum Gasteiger partial charge on any atom is 0.0634 e. The van der Waals surface area contributed by atoms with Crippen LogP contribution in [-0.2, 0) is 4.74 Å². The van der Waals surface area contributed by atoms with Crippen LogP contribution in [0.1, 0.15) is 25.7 Å².